The van der Waals surface area contributed by atoms with Crippen LogP contribution in [0.5, 0.6) is 0 Å². The van der Waals surface area contributed by atoms with Crippen molar-refractivity contribution in [3.05, 3.63) is 59.2 Å². The van der Waals surface area contributed by atoms with Crippen LogP contribution >= 0.6 is 0 Å². The van der Waals surface area contributed by atoms with E-state index in [0.29, 0.717) is 34.6 Å². The number of nitrogens with one attached hydrogen (secondary N) is 1. The highest BCUT2D eigenvalue weighted by molar-refractivity contribution is 5.96. The zero-order valence-corrected chi connectivity index (χ0v) is 16.7. The number of nitrogens with zero attached hydrogens (tertiary/aromatic N) is 4. The minimum absolute atomic E-state index is 0.182. The third-order valence-corrected chi connectivity index (χ3v) is 4.52. The predicted octanol–water partition coefficient (Wildman–Crippen LogP) is 2.84. The molecule has 0 spiro atoms. The summed E-state index contributed by atoms with van der Waals surface area (Å²) >= 11 is 0. The molecule has 1 aromatic heterocycles. The molecule has 3 rings (SSSR count). The number of amides is 1. The van der Waals surface area contributed by atoms with Crippen LogP contribution in [0.1, 0.15) is 42.0 Å². The summed E-state index contributed by atoms with van der Waals surface area (Å²) in [5.41, 5.74) is 2.63. The van der Waals surface area contributed by atoms with Crippen LogP contribution in [0.2, 0.25) is 0 Å². The third-order valence-electron chi connectivity index (χ3n) is 4.52. The van der Waals surface area contributed by atoms with Crippen molar-refractivity contribution in [1.82, 2.24) is 25.5 Å². The number of hydrogen-bond donors (Lipinski definition) is 2. The van der Waals surface area contributed by atoms with Gasteiger partial charge in [-0.1, -0.05) is 19.1 Å². The molecule has 29 heavy (non-hydrogen) atoms. The molecule has 0 bridgehead atoms. The summed E-state index contributed by atoms with van der Waals surface area (Å²) in [4.78, 5) is 12.7. The zero-order valence-electron chi connectivity index (χ0n) is 16.7. The van der Waals surface area contributed by atoms with Gasteiger partial charge in [0.1, 0.15) is 5.82 Å². The Morgan fingerprint density at radius 3 is 2.76 bits per heavy atom. The van der Waals surface area contributed by atoms with Gasteiger partial charge in [0.15, 0.2) is 5.82 Å². The second kappa shape index (κ2) is 8.91. The standard InChI is InChI=1S/C21H24FN5O2/c1-4-5-20-24-25-26-27(20)17-10-15(18-7-6-13(2)8-19(18)22)9-16(11-17)21(29)23-14(3)12-28/h6-11,14,28H,4-5,12H2,1-3H3,(H,23,29)/t14-/m0/s1. The van der Waals surface area contributed by atoms with E-state index in [1.807, 2.05) is 19.9 Å². The van der Waals surface area contributed by atoms with Crippen LogP contribution in [0, 0.1) is 12.7 Å². The Hall–Kier alpha value is -3.13. The fourth-order valence-corrected chi connectivity index (χ4v) is 3.01. The van der Waals surface area contributed by atoms with Gasteiger partial charge in [0.2, 0.25) is 0 Å². The molecule has 2 aromatic carbocycles. The zero-order chi connectivity index (χ0) is 21.0. The number of aryl methyl sites for hydroxylation is 2. The molecule has 0 fully saturated rings. The molecule has 1 heterocycles. The van der Waals surface area contributed by atoms with Crippen molar-refractivity contribution in [3.63, 3.8) is 0 Å². The summed E-state index contributed by atoms with van der Waals surface area (Å²) in [6, 6.07) is 9.59. The molecule has 152 valence electrons. The smallest absolute Gasteiger partial charge is 0.251 e. The maximum atomic E-state index is 14.6. The van der Waals surface area contributed by atoms with Crippen LogP contribution in [0.4, 0.5) is 4.39 Å². The largest absolute Gasteiger partial charge is 0.394 e. The summed E-state index contributed by atoms with van der Waals surface area (Å²) in [5, 5.41) is 23.8. The number of halogens is 1. The molecule has 7 nitrogen and oxygen atoms in total. The van der Waals surface area contributed by atoms with Crippen LogP contribution in [0.3, 0.4) is 0 Å². The minimum atomic E-state index is -0.408. The molecule has 0 unspecified atom stereocenters. The number of tetrazole rings is 1. The number of carbonyl (C=O) groups is 1. The van der Waals surface area contributed by atoms with Gasteiger partial charge in [0.25, 0.3) is 5.91 Å². The van der Waals surface area contributed by atoms with Gasteiger partial charge >= 0.3 is 0 Å². The summed E-state index contributed by atoms with van der Waals surface area (Å²) < 4.78 is 16.2. The average molecular weight is 397 g/mol. The van der Waals surface area contributed by atoms with Gasteiger partial charge in [-0.2, -0.15) is 4.68 Å². The van der Waals surface area contributed by atoms with Crippen LogP contribution in [-0.4, -0.2) is 43.9 Å². The maximum absolute atomic E-state index is 14.6. The first kappa shape index (κ1) is 20.6. The number of rotatable bonds is 7. The monoisotopic (exact) mass is 397 g/mol. The van der Waals surface area contributed by atoms with Crippen LogP contribution in [0.25, 0.3) is 16.8 Å². The number of aliphatic hydroxyl groups is 1. The Balaban J connectivity index is 2.14. The highest BCUT2D eigenvalue weighted by Gasteiger charge is 2.17. The molecule has 8 heteroatoms. The van der Waals surface area contributed by atoms with Crippen molar-refractivity contribution in [2.45, 2.75) is 39.7 Å². The van der Waals surface area contributed by atoms with E-state index in [2.05, 4.69) is 20.8 Å². The van der Waals surface area contributed by atoms with Gasteiger partial charge in [-0.3, -0.25) is 4.79 Å². The molecule has 3 aromatic rings. The van der Waals surface area contributed by atoms with Crippen LogP contribution in [-0.2, 0) is 6.42 Å². The SMILES string of the molecule is CCCc1nnnn1-c1cc(C(=O)N[C@@H](C)CO)cc(-c2ccc(C)cc2F)c1. The van der Waals surface area contributed by atoms with E-state index < -0.39 is 6.04 Å². The lowest BCUT2D eigenvalue weighted by atomic mass is 9.99. The van der Waals surface area contributed by atoms with Crippen molar-refractivity contribution in [2.75, 3.05) is 6.61 Å². The molecule has 1 atom stereocenters. The molecule has 0 radical (unpaired) electrons. The summed E-state index contributed by atoms with van der Waals surface area (Å²) in [6.45, 7) is 5.35. The van der Waals surface area contributed by atoms with Gasteiger partial charge < -0.3 is 10.4 Å². The van der Waals surface area contributed by atoms with E-state index >= 15 is 0 Å². The normalized spacial score (nSPS) is 12.0. The van der Waals surface area contributed by atoms with Gasteiger partial charge in [-0.15, -0.1) is 5.10 Å². The molecular formula is C21H24FN5O2. The maximum Gasteiger partial charge on any atom is 0.251 e. The quantitative estimate of drug-likeness (QED) is 0.640. The molecule has 0 aliphatic rings. The van der Waals surface area contributed by atoms with Gasteiger partial charge in [0.05, 0.1) is 12.3 Å². The van der Waals surface area contributed by atoms with E-state index in [9.17, 15) is 14.3 Å². The predicted molar refractivity (Wildman–Crippen MR) is 107 cm³/mol. The lowest BCUT2D eigenvalue weighted by molar-refractivity contribution is 0.0922. The Morgan fingerprint density at radius 2 is 2.07 bits per heavy atom. The first-order valence-electron chi connectivity index (χ1n) is 9.54. The first-order chi connectivity index (χ1) is 13.9. The number of carbonyl (C=O) groups excluding carboxylic acids is 1. The highest BCUT2D eigenvalue weighted by Crippen LogP contribution is 2.27. The van der Waals surface area contributed by atoms with Crippen molar-refractivity contribution in [3.8, 4) is 16.8 Å². The molecular weight excluding hydrogens is 373 g/mol. The topological polar surface area (TPSA) is 92.9 Å². The molecule has 1 amide bonds. The fraction of sp³-hybridized carbons (Fsp3) is 0.333. The molecule has 2 N–H and O–H groups in total. The Morgan fingerprint density at radius 1 is 1.28 bits per heavy atom. The lowest BCUT2D eigenvalue weighted by Gasteiger charge is -2.14. The van der Waals surface area contributed by atoms with Gasteiger partial charge in [-0.05, 0) is 66.1 Å². The number of hydrogen-bond acceptors (Lipinski definition) is 5. The number of benzene rings is 2. The number of aliphatic hydroxyl groups excluding tert-OH is 1. The molecule has 0 saturated carbocycles. The average Bonchev–Trinajstić information content (AvgIpc) is 3.16. The van der Waals surface area contributed by atoms with Crippen LogP contribution < -0.4 is 5.32 Å². The first-order valence-corrected chi connectivity index (χ1v) is 9.54. The van der Waals surface area contributed by atoms with Gasteiger partial charge in [-0.25, -0.2) is 4.39 Å². The molecule has 0 aliphatic heterocycles. The lowest BCUT2D eigenvalue weighted by Crippen LogP contribution is -2.35. The molecule has 0 saturated heterocycles. The summed E-state index contributed by atoms with van der Waals surface area (Å²) in [7, 11) is 0. The van der Waals surface area contributed by atoms with Crippen molar-refractivity contribution < 1.29 is 14.3 Å². The second-order valence-electron chi connectivity index (χ2n) is 7.07. The Kier molecular flexibility index (Phi) is 6.33. The van der Waals surface area contributed by atoms with Crippen molar-refractivity contribution >= 4 is 5.91 Å². The summed E-state index contributed by atoms with van der Waals surface area (Å²) in [5.74, 6) is -0.0841. The fourth-order valence-electron chi connectivity index (χ4n) is 3.01. The Labute approximate surface area is 168 Å². The van der Waals surface area contributed by atoms with Crippen molar-refractivity contribution in [2.24, 2.45) is 0 Å². The van der Waals surface area contributed by atoms with E-state index in [-0.39, 0.29) is 18.3 Å². The second-order valence-corrected chi connectivity index (χ2v) is 7.07. The minimum Gasteiger partial charge on any atom is -0.394 e. The number of aromatic nitrogens is 4. The highest BCUT2D eigenvalue weighted by atomic mass is 19.1. The molecule has 0 aliphatic carbocycles. The van der Waals surface area contributed by atoms with Crippen molar-refractivity contribution in [1.29, 1.82) is 0 Å². The van der Waals surface area contributed by atoms with E-state index in [0.717, 1.165) is 12.0 Å². The van der Waals surface area contributed by atoms with E-state index in [1.165, 1.54) is 6.07 Å². The van der Waals surface area contributed by atoms with E-state index in [1.54, 1.807) is 35.9 Å². The summed E-state index contributed by atoms with van der Waals surface area (Å²) in [6.07, 6.45) is 1.52. The van der Waals surface area contributed by atoms with Crippen LogP contribution in [0.15, 0.2) is 36.4 Å². The Bertz CT molecular complexity index is 1020. The van der Waals surface area contributed by atoms with Gasteiger partial charge in [0, 0.05) is 23.6 Å². The van der Waals surface area contributed by atoms with E-state index in [4.69, 9.17) is 0 Å². The third kappa shape index (κ3) is 4.65.